The second-order valence-electron chi connectivity index (χ2n) is 14.4. The summed E-state index contributed by atoms with van der Waals surface area (Å²) in [5.74, 6) is 0.0548. The van der Waals surface area contributed by atoms with Crippen LogP contribution in [0.1, 0.15) is 54.6 Å². The van der Waals surface area contributed by atoms with Gasteiger partial charge in [0.1, 0.15) is 33.7 Å². The molecule has 1 aliphatic rings. The van der Waals surface area contributed by atoms with Crippen molar-refractivity contribution in [2.45, 2.75) is 39.0 Å². The molecule has 236 valence electrons. The third-order valence-electron chi connectivity index (χ3n) is 10.5. The molecular formula is C44H36N3OP+2. The molecule has 2 bridgehead atoms. The van der Waals surface area contributed by atoms with E-state index in [4.69, 9.17) is 4.42 Å². The first-order valence-electron chi connectivity index (χ1n) is 17.1. The van der Waals surface area contributed by atoms with Crippen LogP contribution < -0.4 is 8.50 Å². The standard InChI is InChI=1S/C44H36N3OP/c1-28-34-21-18-30-19-22-36-41(39(28)30)42-37(48-36)23-20-33-40(29-13-7-5-8-14-29)35-27-31(44(2,3)4)24-26-45(35)49(43(33)42)46-25-12-11-17-38(46)47(34)32-15-9-6-10-16-32/h5-27,40H,1-4H3/q+2. The Morgan fingerprint density at radius 2 is 1.41 bits per heavy atom. The average Bonchev–Trinajstić information content (AvgIpc) is 3.51. The first kappa shape index (κ1) is 28.6. The second-order valence-corrected chi connectivity index (χ2v) is 16.3. The van der Waals surface area contributed by atoms with Crippen molar-refractivity contribution in [1.29, 1.82) is 0 Å². The van der Waals surface area contributed by atoms with E-state index in [2.05, 4.69) is 181 Å². The first-order chi connectivity index (χ1) is 23.9. The van der Waals surface area contributed by atoms with Crippen LogP contribution in [0.5, 0.6) is 0 Å². The Kier molecular flexibility index (Phi) is 5.99. The van der Waals surface area contributed by atoms with E-state index >= 15 is 0 Å². The Balaban J connectivity index is 1.56. The number of fused-ring (bicyclic) bond motifs is 5. The quantitative estimate of drug-likeness (QED) is 0.182. The lowest BCUT2D eigenvalue weighted by Crippen LogP contribution is -2.42. The van der Waals surface area contributed by atoms with Gasteiger partial charge in [-0.15, -0.1) is 8.50 Å². The van der Waals surface area contributed by atoms with Crippen molar-refractivity contribution < 1.29 is 12.9 Å². The molecule has 4 aromatic heterocycles. The molecule has 0 saturated carbocycles. The summed E-state index contributed by atoms with van der Waals surface area (Å²) < 4.78 is 14.4. The zero-order valence-electron chi connectivity index (χ0n) is 28.1. The molecule has 0 spiro atoms. The predicted molar refractivity (Wildman–Crippen MR) is 201 cm³/mol. The predicted octanol–water partition coefficient (Wildman–Crippen LogP) is 10.7. The molecule has 49 heavy (non-hydrogen) atoms. The highest BCUT2D eigenvalue weighted by molar-refractivity contribution is 7.41. The fraction of sp³-hybridized carbons (Fsp3) is 0.136. The van der Waals surface area contributed by atoms with Crippen LogP contribution in [0.2, 0.25) is 0 Å². The molecule has 4 nitrogen and oxygen atoms in total. The smallest absolute Gasteiger partial charge is 0.357 e. The van der Waals surface area contributed by atoms with Gasteiger partial charge in [-0.3, -0.25) is 0 Å². The van der Waals surface area contributed by atoms with Crippen molar-refractivity contribution >= 4 is 56.8 Å². The molecule has 9 aromatic rings. The largest absolute Gasteiger partial charge is 0.456 e. The lowest BCUT2D eigenvalue weighted by atomic mass is 9.83. The Labute approximate surface area is 285 Å². The maximum absolute atomic E-state index is 6.81. The van der Waals surface area contributed by atoms with E-state index in [1.54, 1.807) is 0 Å². The summed E-state index contributed by atoms with van der Waals surface area (Å²) >= 11 is 0. The minimum atomic E-state index is -1.17. The second kappa shape index (κ2) is 10.3. The minimum Gasteiger partial charge on any atom is -0.456 e. The zero-order valence-corrected chi connectivity index (χ0v) is 28.9. The summed E-state index contributed by atoms with van der Waals surface area (Å²) in [5, 5.41) is 6.29. The van der Waals surface area contributed by atoms with E-state index in [1.165, 1.54) is 60.1 Å². The van der Waals surface area contributed by atoms with Crippen LogP contribution in [-0.4, -0.2) is 4.57 Å². The van der Waals surface area contributed by atoms with Gasteiger partial charge in [-0.25, -0.2) is 0 Å². The van der Waals surface area contributed by atoms with E-state index < -0.39 is 7.84 Å². The summed E-state index contributed by atoms with van der Waals surface area (Å²) in [6, 6.07) is 46.9. The lowest BCUT2D eigenvalue weighted by Gasteiger charge is -2.25. The average molecular weight is 654 g/mol. The van der Waals surface area contributed by atoms with Crippen molar-refractivity contribution in [3.63, 3.8) is 0 Å². The highest BCUT2D eigenvalue weighted by Crippen LogP contribution is 2.50. The number of aryl methyl sites for hydroxylation is 1. The number of aromatic nitrogens is 3. The monoisotopic (exact) mass is 653 g/mol. The normalized spacial score (nSPS) is 14.7. The van der Waals surface area contributed by atoms with Crippen molar-refractivity contribution in [2.75, 3.05) is 0 Å². The van der Waals surface area contributed by atoms with Gasteiger partial charge in [0.05, 0.1) is 11.3 Å². The molecule has 2 unspecified atom stereocenters. The summed E-state index contributed by atoms with van der Waals surface area (Å²) in [6.07, 6.45) is 4.65. The van der Waals surface area contributed by atoms with Crippen LogP contribution in [0.15, 0.2) is 144 Å². The Morgan fingerprint density at radius 3 is 2.20 bits per heavy atom. The van der Waals surface area contributed by atoms with Crippen LogP contribution in [-0.2, 0) is 5.41 Å². The van der Waals surface area contributed by atoms with E-state index in [-0.39, 0.29) is 11.3 Å². The van der Waals surface area contributed by atoms with Gasteiger partial charge in [0, 0.05) is 34.5 Å². The highest BCUT2D eigenvalue weighted by Gasteiger charge is 2.40. The van der Waals surface area contributed by atoms with Crippen molar-refractivity contribution in [1.82, 2.24) is 4.57 Å². The zero-order chi connectivity index (χ0) is 33.0. The van der Waals surface area contributed by atoms with E-state index in [0.717, 1.165) is 22.5 Å². The van der Waals surface area contributed by atoms with E-state index in [9.17, 15) is 0 Å². The van der Waals surface area contributed by atoms with Crippen LogP contribution in [0.25, 0.3) is 54.7 Å². The number of rotatable bonds is 2. The van der Waals surface area contributed by atoms with Gasteiger partial charge in [-0.05, 0) is 70.8 Å². The first-order valence-corrected chi connectivity index (χ1v) is 18.3. The minimum absolute atomic E-state index is 0.00638. The number of hydrogen-bond acceptors (Lipinski definition) is 1. The maximum atomic E-state index is 6.81. The van der Waals surface area contributed by atoms with Gasteiger partial charge in [0.25, 0.3) is 5.65 Å². The molecule has 0 amide bonds. The molecule has 0 radical (unpaired) electrons. The van der Waals surface area contributed by atoms with Crippen molar-refractivity contribution in [3.05, 3.63) is 168 Å². The summed E-state index contributed by atoms with van der Waals surface area (Å²) in [7, 11) is -1.17. The van der Waals surface area contributed by atoms with Gasteiger partial charge < -0.3 is 4.42 Å². The number of para-hydroxylation sites is 1. The lowest BCUT2D eigenvalue weighted by molar-refractivity contribution is -0.580. The molecule has 0 N–H and O–H groups in total. The third kappa shape index (κ3) is 4.05. The Bertz CT molecular complexity index is 2820. The molecule has 5 aromatic carbocycles. The van der Waals surface area contributed by atoms with E-state index in [1.807, 2.05) is 0 Å². The van der Waals surface area contributed by atoms with Crippen LogP contribution in [0.3, 0.4) is 0 Å². The Hall–Kier alpha value is -5.44. The molecule has 2 atom stereocenters. The molecule has 0 saturated heterocycles. The SMILES string of the molecule is Cc1c2c3ccc4oc5ccc6c(c5c42)p([n+]2ccccc2n(-c2ccccc2)c1cc3)-[n+]1ccc(C(C)(C)C)cc1C6c1ccccc1. The molecule has 0 fully saturated rings. The number of hydrogen-bond donors (Lipinski definition) is 0. The van der Waals surface area contributed by atoms with Crippen LogP contribution >= 0.6 is 7.84 Å². The fourth-order valence-electron chi connectivity index (χ4n) is 8.20. The molecular weight excluding hydrogens is 617 g/mol. The van der Waals surface area contributed by atoms with Crippen LogP contribution in [0, 0.1) is 6.92 Å². The van der Waals surface area contributed by atoms with Gasteiger partial charge >= 0.3 is 7.84 Å². The number of pyridine rings is 2. The molecule has 5 heteroatoms. The summed E-state index contributed by atoms with van der Waals surface area (Å²) in [4.78, 5) is 0. The van der Waals surface area contributed by atoms with E-state index in [0.29, 0.717) is 0 Å². The summed E-state index contributed by atoms with van der Waals surface area (Å²) in [5.41, 5.74) is 11.9. The molecule has 10 rings (SSSR count). The van der Waals surface area contributed by atoms with Gasteiger partial charge in [-0.2, -0.15) is 4.57 Å². The fourth-order valence-corrected chi connectivity index (χ4v) is 10.8. The maximum Gasteiger partial charge on any atom is 0.357 e. The Morgan fingerprint density at radius 1 is 0.694 bits per heavy atom. The topological polar surface area (TPSA) is 26.1 Å². The van der Waals surface area contributed by atoms with Gasteiger partial charge in [0.15, 0.2) is 6.20 Å². The van der Waals surface area contributed by atoms with Gasteiger partial charge in [0.2, 0.25) is 5.69 Å². The van der Waals surface area contributed by atoms with Crippen LogP contribution in [0.4, 0.5) is 0 Å². The number of benzene rings is 5. The summed E-state index contributed by atoms with van der Waals surface area (Å²) in [6.45, 7) is 9.22. The molecule has 1 aliphatic heterocycles. The van der Waals surface area contributed by atoms with Gasteiger partial charge in [-0.1, -0.05) is 93.6 Å². The van der Waals surface area contributed by atoms with Crippen molar-refractivity contribution in [3.8, 4) is 5.69 Å². The number of nitrogens with zero attached hydrogens (tertiary/aromatic N) is 3. The molecule has 5 heterocycles. The third-order valence-corrected chi connectivity index (χ3v) is 12.9. The number of furan rings is 1. The molecule has 0 aliphatic carbocycles. The van der Waals surface area contributed by atoms with Crippen molar-refractivity contribution in [2.24, 2.45) is 0 Å². The highest BCUT2D eigenvalue weighted by atomic mass is 31.1.